The second-order valence-corrected chi connectivity index (χ2v) is 7.04. The van der Waals surface area contributed by atoms with E-state index < -0.39 is 5.79 Å². The number of alkyl halides is 1. The van der Waals surface area contributed by atoms with E-state index in [0.717, 1.165) is 24.2 Å². The molecule has 0 N–H and O–H groups in total. The van der Waals surface area contributed by atoms with Gasteiger partial charge in [-0.3, -0.25) is 0 Å². The zero-order chi connectivity index (χ0) is 17.9. The summed E-state index contributed by atoms with van der Waals surface area (Å²) >= 11 is 15.9. The quantitative estimate of drug-likeness (QED) is 0.448. The summed E-state index contributed by atoms with van der Waals surface area (Å²) in [7, 11) is 0. The first-order valence-corrected chi connectivity index (χ1v) is 9.79. The Hall–Kier alpha value is -1.36. The van der Waals surface area contributed by atoms with Crippen LogP contribution in [0.3, 0.4) is 0 Å². The van der Waals surface area contributed by atoms with Crippen molar-refractivity contribution in [1.29, 1.82) is 0 Å². The third kappa shape index (κ3) is 4.08. The van der Waals surface area contributed by atoms with Crippen LogP contribution in [-0.2, 0) is 15.3 Å². The predicted molar refractivity (Wildman–Crippen MR) is 104 cm³/mol. The van der Waals surface area contributed by atoms with Gasteiger partial charge in [0.05, 0.1) is 15.9 Å². The molecule has 0 aromatic heterocycles. The van der Waals surface area contributed by atoms with Crippen LogP contribution < -0.4 is 4.74 Å². The first kappa shape index (κ1) is 18.4. The number of benzene rings is 2. The Balaban J connectivity index is 1.80. The number of rotatable bonds is 6. The van der Waals surface area contributed by atoms with Gasteiger partial charge in [0.1, 0.15) is 23.5 Å². The third-order valence-electron chi connectivity index (χ3n) is 3.75. The lowest BCUT2D eigenvalue weighted by atomic mass is 10.1. The maximum absolute atomic E-state index is 6.49. The molecule has 2 aromatic carbocycles. The molecule has 0 radical (unpaired) electrons. The summed E-state index contributed by atoms with van der Waals surface area (Å²) in [5.41, 5.74) is 0.747. The van der Waals surface area contributed by atoms with E-state index in [2.05, 4.69) is 22.9 Å². The molecular formula is C19H17BrCl2O3. The first-order chi connectivity index (χ1) is 12.1. The smallest absolute Gasteiger partial charge is 0.288 e. The highest BCUT2D eigenvalue weighted by atomic mass is 79.9. The third-order valence-corrected chi connectivity index (χ3v) is 5.05. The number of hydrogen-bond acceptors (Lipinski definition) is 3. The van der Waals surface area contributed by atoms with Crippen molar-refractivity contribution >= 4 is 39.1 Å². The molecule has 1 heterocycles. The first-order valence-electron chi connectivity index (χ1n) is 7.91. The Morgan fingerprint density at radius 3 is 2.44 bits per heavy atom. The zero-order valence-corrected chi connectivity index (χ0v) is 16.7. The van der Waals surface area contributed by atoms with E-state index in [1.54, 1.807) is 36.6 Å². The molecule has 1 atom stereocenters. The van der Waals surface area contributed by atoms with Gasteiger partial charge in [-0.1, -0.05) is 46.1 Å². The van der Waals surface area contributed by atoms with Gasteiger partial charge in [0, 0.05) is 11.4 Å². The topological polar surface area (TPSA) is 27.7 Å². The molecule has 1 aliphatic rings. The summed E-state index contributed by atoms with van der Waals surface area (Å²) in [4.78, 5) is 0. The Morgan fingerprint density at radius 1 is 1.08 bits per heavy atom. The van der Waals surface area contributed by atoms with Crippen LogP contribution in [0.4, 0.5) is 0 Å². The largest absolute Gasteiger partial charge is 0.457 e. The molecule has 3 rings (SSSR count). The van der Waals surface area contributed by atoms with Crippen LogP contribution in [0, 0.1) is 0 Å². The molecule has 0 fully saturated rings. The van der Waals surface area contributed by atoms with Crippen molar-refractivity contribution < 1.29 is 14.2 Å². The number of halogens is 3. The molecule has 6 heteroatoms. The standard InChI is InChI=1S/C19H17BrCl2O3/c1-2-3-16-11-23-19(12-20,25-16)17-9-8-15(10-18(17)22)24-14-6-4-13(21)5-7-14/h4-11H,2-3,12H2,1H3. The van der Waals surface area contributed by atoms with E-state index in [-0.39, 0.29) is 0 Å². The van der Waals surface area contributed by atoms with Crippen LogP contribution in [0.2, 0.25) is 10.0 Å². The zero-order valence-electron chi connectivity index (χ0n) is 13.6. The minimum absolute atomic E-state index is 0.459. The summed E-state index contributed by atoms with van der Waals surface area (Å²) in [6.07, 6.45) is 3.47. The SMILES string of the molecule is CCCC1=COC(CBr)(c2ccc(Oc3ccc(Cl)cc3)cc2Cl)O1. The van der Waals surface area contributed by atoms with Crippen molar-refractivity contribution in [1.82, 2.24) is 0 Å². The van der Waals surface area contributed by atoms with E-state index in [4.69, 9.17) is 37.4 Å². The Bertz CT molecular complexity index is 777. The highest BCUT2D eigenvalue weighted by molar-refractivity contribution is 9.09. The van der Waals surface area contributed by atoms with Gasteiger partial charge in [0.2, 0.25) is 0 Å². The van der Waals surface area contributed by atoms with Gasteiger partial charge < -0.3 is 14.2 Å². The van der Waals surface area contributed by atoms with Crippen LogP contribution in [0.25, 0.3) is 0 Å². The van der Waals surface area contributed by atoms with E-state index >= 15 is 0 Å². The number of allylic oxidation sites excluding steroid dienone is 1. The number of ether oxygens (including phenoxy) is 3. The van der Waals surface area contributed by atoms with Gasteiger partial charge in [-0.05, 0) is 48.9 Å². The predicted octanol–water partition coefficient (Wildman–Crippen LogP) is 7.02. The highest BCUT2D eigenvalue weighted by Crippen LogP contribution is 2.42. The van der Waals surface area contributed by atoms with Gasteiger partial charge in [-0.25, -0.2) is 0 Å². The van der Waals surface area contributed by atoms with Crippen LogP contribution in [-0.4, -0.2) is 5.33 Å². The van der Waals surface area contributed by atoms with Crippen molar-refractivity contribution in [2.24, 2.45) is 0 Å². The Morgan fingerprint density at radius 2 is 1.80 bits per heavy atom. The normalized spacial score (nSPS) is 19.1. The molecule has 1 unspecified atom stereocenters. The summed E-state index contributed by atoms with van der Waals surface area (Å²) in [6.45, 7) is 2.09. The molecule has 0 amide bonds. The average Bonchev–Trinajstić information content (AvgIpc) is 3.02. The molecule has 132 valence electrons. The fourth-order valence-corrected chi connectivity index (χ4v) is 3.52. The summed E-state index contributed by atoms with van der Waals surface area (Å²) in [6, 6.07) is 12.6. The van der Waals surface area contributed by atoms with Crippen molar-refractivity contribution in [3.05, 3.63) is 70.1 Å². The minimum Gasteiger partial charge on any atom is -0.457 e. The maximum atomic E-state index is 6.49. The van der Waals surface area contributed by atoms with E-state index in [9.17, 15) is 0 Å². The van der Waals surface area contributed by atoms with Crippen LogP contribution in [0.1, 0.15) is 25.3 Å². The monoisotopic (exact) mass is 442 g/mol. The Labute approximate surface area is 165 Å². The van der Waals surface area contributed by atoms with Crippen molar-refractivity contribution in [3.63, 3.8) is 0 Å². The van der Waals surface area contributed by atoms with Gasteiger partial charge in [-0.15, -0.1) is 0 Å². The van der Waals surface area contributed by atoms with E-state index in [0.29, 0.717) is 26.9 Å². The molecule has 0 saturated carbocycles. The second-order valence-electron chi connectivity index (χ2n) is 5.64. The van der Waals surface area contributed by atoms with Crippen molar-refractivity contribution in [3.8, 4) is 11.5 Å². The molecule has 0 bridgehead atoms. The molecule has 0 spiro atoms. The highest BCUT2D eigenvalue weighted by Gasteiger charge is 2.41. The lowest BCUT2D eigenvalue weighted by Crippen LogP contribution is -2.30. The second kappa shape index (κ2) is 7.90. The summed E-state index contributed by atoms with van der Waals surface area (Å²) in [5, 5.41) is 1.63. The van der Waals surface area contributed by atoms with Crippen molar-refractivity contribution in [2.75, 3.05) is 5.33 Å². The molecule has 1 aliphatic heterocycles. The van der Waals surface area contributed by atoms with E-state index in [1.807, 2.05) is 12.1 Å². The van der Waals surface area contributed by atoms with Gasteiger partial charge in [0.25, 0.3) is 5.79 Å². The fraction of sp³-hybridized carbons (Fsp3) is 0.263. The maximum Gasteiger partial charge on any atom is 0.288 e. The molecule has 2 aromatic rings. The van der Waals surface area contributed by atoms with Crippen LogP contribution in [0.5, 0.6) is 11.5 Å². The Kier molecular flexibility index (Phi) is 5.82. The van der Waals surface area contributed by atoms with Gasteiger partial charge >= 0.3 is 0 Å². The summed E-state index contributed by atoms with van der Waals surface area (Å²) in [5.74, 6) is 1.18. The van der Waals surface area contributed by atoms with E-state index in [1.165, 1.54) is 0 Å². The molecule has 0 saturated heterocycles. The lowest BCUT2D eigenvalue weighted by molar-refractivity contribution is -0.136. The fourth-order valence-electron chi connectivity index (χ4n) is 2.53. The van der Waals surface area contributed by atoms with Gasteiger partial charge in [-0.2, -0.15) is 0 Å². The molecular weight excluding hydrogens is 427 g/mol. The molecule has 25 heavy (non-hydrogen) atoms. The van der Waals surface area contributed by atoms with Crippen molar-refractivity contribution in [2.45, 2.75) is 25.6 Å². The summed E-state index contributed by atoms with van der Waals surface area (Å²) < 4.78 is 17.7. The van der Waals surface area contributed by atoms with Gasteiger partial charge in [0.15, 0.2) is 0 Å². The lowest BCUT2D eigenvalue weighted by Gasteiger charge is -2.28. The molecule has 0 aliphatic carbocycles. The van der Waals surface area contributed by atoms with Crippen LogP contribution in [0.15, 0.2) is 54.5 Å². The number of hydrogen-bond donors (Lipinski definition) is 0. The minimum atomic E-state index is -0.944. The average molecular weight is 444 g/mol. The molecule has 3 nitrogen and oxygen atoms in total. The van der Waals surface area contributed by atoms with Crippen LogP contribution >= 0.6 is 39.1 Å².